The molecule has 0 aromatic carbocycles. The van der Waals surface area contributed by atoms with Gasteiger partial charge in [-0.05, 0) is 54.2 Å². The van der Waals surface area contributed by atoms with E-state index in [-0.39, 0.29) is 5.84 Å². The van der Waals surface area contributed by atoms with Gasteiger partial charge in [0.25, 0.3) is 5.50 Å². The number of sulfone groups is 1. The quantitative estimate of drug-likeness (QED) is 0.449. The van der Waals surface area contributed by atoms with Crippen LogP contribution in [-0.2, 0) is 9.84 Å². The van der Waals surface area contributed by atoms with E-state index in [2.05, 4.69) is 62.5 Å². The molecule has 0 radical (unpaired) electrons. The Balaban J connectivity index is 3.26. The molecule has 0 aromatic rings. The minimum atomic E-state index is -3.84. The Labute approximate surface area is 143 Å². The molecule has 0 N–H and O–H groups in total. The summed E-state index contributed by atoms with van der Waals surface area (Å²) in [4.78, 5) is 11.9. The minimum Gasteiger partial charge on any atom is -0.357 e. The minimum absolute atomic E-state index is 0.0820. The average Bonchev–Trinajstić information content (AvgIpc) is 2.72. The number of nitrogens with zero attached hydrogens (tertiary/aromatic N) is 4. The Hall–Kier alpha value is -0.000000000000000194. The first kappa shape index (κ1) is 18.1. The van der Waals surface area contributed by atoms with Crippen LogP contribution in [0.4, 0.5) is 0 Å². The Morgan fingerprint density at radius 1 is 1.40 bits per heavy atom. The molecule has 1 aliphatic heterocycles. The molecule has 10 heteroatoms. The van der Waals surface area contributed by atoms with E-state index in [1.165, 1.54) is 4.90 Å². The highest BCUT2D eigenvalue weighted by atomic mass is 80.0. The lowest BCUT2D eigenvalue weighted by molar-refractivity contribution is 0.264. The molecule has 0 aliphatic carbocycles. The lowest BCUT2D eigenvalue weighted by atomic mass is 10.3. The van der Waals surface area contributed by atoms with Crippen molar-refractivity contribution < 1.29 is 8.42 Å². The van der Waals surface area contributed by atoms with Crippen molar-refractivity contribution in [3.05, 3.63) is 22.8 Å². The van der Waals surface area contributed by atoms with Crippen molar-refractivity contribution >= 4 is 63.5 Å². The van der Waals surface area contributed by atoms with Gasteiger partial charge in [-0.15, -0.1) is 4.99 Å². The van der Waals surface area contributed by atoms with Crippen LogP contribution >= 0.6 is 47.8 Å². The second-order valence-corrected chi connectivity index (χ2v) is 14.5. The van der Waals surface area contributed by atoms with Gasteiger partial charge in [-0.3, -0.25) is 0 Å². The van der Waals surface area contributed by atoms with E-state index in [9.17, 15) is 8.42 Å². The third-order valence-electron chi connectivity index (χ3n) is 2.68. The van der Waals surface area contributed by atoms with Crippen molar-refractivity contribution in [2.75, 3.05) is 6.54 Å². The zero-order valence-electron chi connectivity index (χ0n) is 10.4. The number of hydrogen-bond donors (Lipinski definition) is 0. The number of aliphatic imine (C=N–C) groups is 1. The molecule has 0 amide bonds. The SMILES string of the molecule is [C-]#[N+]C1=NC(S(=O)(=O)C(Br)(Br)Br)N(CCCC)C1[N+]#[C-]. The van der Waals surface area contributed by atoms with Crippen molar-refractivity contribution in [1.82, 2.24) is 4.90 Å². The Kier molecular flexibility index (Phi) is 6.17. The Bertz CT molecular complexity index is 585. The summed E-state index contributed by atoms with van der Waals surface area (Å²) >= 11 is 8.95. The highest BCUT2D eigenvalue weighted by Gasteiger charge is 2.56. The van der Waals surface area contributed by atoms with E-state index in [0.29, 0.717) is 6.54 Å². The van der Waals surface area contributed by atoms with E-state index in [1.54, 1.807) is 0 Å². The van der Waals surface area contributed by atoms with Crippen molar-refractivity contribution in [2.24, 2.45) is 4.99 Å². The number of unbranched alkanes of at least 4 members (excludes halogenated alkanes) is 1. The van der Waals surface area contributed by atoms with E-state index in [1.807, 2.05) is 6.92 Å². The normalized spacial score (nSPS) is 24.0. The van der Waals surface area contributed by atoms with Gasteiger partial charge in [-0.2, -0.15) is 4.90 Å². The second-order valence-electron chi connectivity index (χ2n) is 4.01. The molecule has 20 heavy (non-hydrogen) atoms. The number of halogens is 3. The molecule has 0 bridgehead atoms. The summed E-state index contributed by atoms with van der Waals surface area (Å²) in [5, 5.41) is 0. The van der Waals surface area contributed by atoms with Gasteiger partial charge in [0.05, 0.1) is 0 Å². The molecule has 110 valence electrons. The number of amidine groups is 1. The summed E-state index contributed by atoms with van der Waals surface area (Å²) in [5.41, 5.74) is -1.25. The van der Waals surface area contributed by atoms with Crippen LogP contribution in [0.3, 0.4) is 0 Å². The molecule has 2 unspecified atom stereocenters. The maximum absolute atomic E-state index is 12.5. The second kappa shape index (κ2) is 6.84. The smallest absolute Gasteiger partial charge is 0.344 e. The van der Waals surface area contributed by atoms with Gasteiger partial charge in [0, 0.05) is 6.54 Å². The van der Waals surface area contributed by atoms with Gasteiger partial charge in [-0.25, -0.2) is 15.0 Å². The summed E-state index contributed by atoms with van der Waals surface area (Å²) in [6.07, 6.45) is 0.635. The fraction of sp³-hybridized carbons (Fsp3) is 0.700. The fourth-order valence-electron chi connectivity index (χ4n) is 1.68. The summed E-state index contributed by atoms with van der Waals surface area (Å²) in [7, 11) is -3.84. The highest BCUT2D eigenvalue weighted by molar-refractivity contribution is 9.42. The first-order valence-corrected chi connectivity index (χ1v) is 9.50. The molecular formula is C10H11Br3N4O2S. The molecule has 0 spiro atoms. The molecule has 2 atom stereocenters. The first-order valence-electron chi connectivity index (χ1n) is 5.58. The Morgan fingerprint density at radius 2 is 2.00 bits per heavy atom. The average molecular weight is 491 g/mol. The third-order valence-corrected chi connectivity index (χ3v) is 8.32. The molecular weight excluding hydrogens is 480 g/mol. The fourth-order valence-corrected chi connectivity index (χ4v) is 4.25. The van der Waals surface area contributed by atoms with Crippen LogP contribution in [0.5, 0.6) is 0 Å². The van der Waals surface area contributed by atoms with Gasteiger partial charge in [0.1, 0.15) is 0 Å². The molecule has 1 heterocycles. The van der Waals surface area contributed by atoms with Crippen molar-refractivity contribution in [2.45, 2.75) is 32.9 Å². The van der Waals surface area contributed by atoms with Gasteiger partial charge in [0.2, 0.25) is 11.3 Å². The number of alkyl halides is 3. The number of rotatable bonds is 4. The van der Waals surface area contributed by atoms with E-state index in [4.69, 9.17) is 13.1 Å². The lowest BCUT2D eigenvalue weighted by Crippen LogP contribution is -2.45. The van der Waals surface area contributed by atoms with Crippen molar-refractivity contribution in [3.63, 3.8) is 0 Å². The van der Waals surface area contributed by atoms with E-state index >= 15 is 0 Å². The van der Waals surface area contributed by atoms with Crippen LogP contribution in [0.2, 0.25) is 0 Å². The third kappa shape index (κ3) is 3.42. The first-order chi connectivity index (χ1) is 9.20. The van der Waals surface area contributed by atoms with Crippen LogP contribution in [0.25, 0.3) is 9.69 Å². The number of hydrogen-bond acceptors (Lipinski definition) is 4. The van der Waals surface area contributed by atoms with Gasteiger partial charge in [-0.1, -0.05) is 19.9 Å². The molecule has 0 fully saturated rings. The van der Waals surface area contributed by atoms with E-state index < -0.39 is 23.0 Å². The van der Waals surface area contributed by atoms with Crippen molar-refractivity contribution in [3.8, 4) is 0 Å². The molecule has 0 saturated carbocycles. The largest absolute Gasteiger partial charge is 0.357 e. The topological polar surface area (TPSA) is 58.5 Å². The molecule has 0 saturated heterocycles. The van der Waals surface area contributed by atoms with Crippen LogP contribution in [0, 0.1) is 13.1 Å². The van der Waals surface area contributed by atoms with Gasteiger partial charge < -0.3 is 9.69 Å². The zero-order valence-corrected chi connectivity index (χ0v) is 16.0. The summed E-state index contributed by atoms with van der Waals surface area (Å²) in [6.45, 7) is 16.6. The summed E-state index contributed by atoms with van der Waals surface area (Å²) in [5.74, 6) is -0.0820. The monoisotopic (exact) mass is 488 g/mol. The van der Waals surface area contributed by atoms with E-state index in [0.717, 1.165) is 12.8 Å². The molecule has 6 nitrogen and oxygen atoms in total. The zero-order chi connectivity index (χ0) is 15.6. The molecule has 0 aromatic heterocycles. The van der Waals surface area contributed by atoms with Crippen LogP contribution in [-0.4, -0.2) is 38.8 Å². The predicted octanol–water partition coefficient (Wildman–Crippen LogP) is 3.16. The molecule has 1 rings (SSSR count). The summed E-state index contributed by atoms with van der Waals surface area (Å²) < 4.78 is 23.4. The standard InChI is InChI=1S/C10H11Br3N4O2S/c1-4-5-6-17-8(15-3)7(14-2)16-9(17)20(18,19)10(11,12)13/h8-9H,4-6H2,1H3. The summed E-state index contributed by atoms with van der Waals surface area (Å²) in [6, 6.07) is 0. The predicted molar refractivity (Wildman–Crippen MR) is 88.3 cm³/mol. The van der Waals surface area contributed by atoms with Crippen molar-refractivity contribution in [1.29, 1.82) is 0 Å². The molecule has 1 aliphatic rings. The Morgan fingerprint density at radius 3 is 2.40 bits per heavy atom. The maximum atomic E-state index is 12.5. The van der Waals surface area contributed by atoms with Crippen LogP contribution in [0.15, 0.2) is 4.99 Å². The lowest BCUT2D eigenvalue weighted by Gasteiger charge is -2.23. The van der Waals surface area contributed by atoms with Crippen LogP contribution < -0.4 is 0 Å². The highest BCUT2D eigenvalue weighted by Crippen LogP contribution is 2.44. The van der Waals surface area contributed by atoms with Crippen LogP contribution in [0.1, 0.15) is 19.8 Å². The maximum Gasteiger partial charge on any atom is 0.344 e. The van der Waals surface area contributed by atoms with Gasteiger partial charge in [0.15, 0.2) is 0 Å². The van der Waals surface area contributed by atoms with Gasteiger partial charge >= 0.3 is 12.0 Å².